The summed E-state index contributed by atoms with van der Waals surface area (Å²) in [6.45, 7) is 9.51. The molecule has 4 nitrogen and oxygen atoms in total. The Bertz CT molecular complexity index is 313. The fraction of sp³-hybridized carbons (Fsp3) is 0.714. The number of carbonyl (C=O) groups excluding carboxylic acids is 2. The molecule has 0 amide bonds. The number of unbranched alkanes of at least 4 members (excludes halogenated alkanes) is 1. The zero-order valence-electron chi connectivity index (χ0n) is 12.0. The van der Waals surface area contributed by atoms with Crippen LogP contribution in [0, 0.1) is 5.41 Å². The first-order valence-corrected chi connectivity index (χ1v) is 6.99. The maximum atomic E-state index is 11.8. The van der Waals surface area contributed by atoms with Gasteiger partial charge in [0.05, 0.1) is 12.0 Å². The van der Waals surface area contributed by atoms with Crippen molar-refractivity contribution in [2.45, 2.75) is 45.3 Å². The van der Waals surface area contributed by atoms with Crippen LogP contribution in [-0.4, -0.2) is 30.4 Å². The minimum absolute atomic E-state index is 0.167. The van der Waals surface area contributed by atoms with Crippen molar-refractivity contribution >= 4 is 24.6 Å². The van der Waals surface area contributed by atoms with Crippen LogP contribution in [-0.2, 0) is 19.1 Å². The Kier molecular flexibility index (Phi) is 8.56. The second-order valence-electron chi connectivity index (χ2n) is 5.01. The monoisotopic (exact) mass is 288 g/mol. The minimum Gasteiger partial charge on any atom is -0.465 e. The molecule has 0 aromatic carbocycles. The summed E-state index contributed by atoms with van der Waals surface area (Å²) in [5.41, 5.74) is -0.779. The van der Waals surface area contributed by atoms with Crippen molar-refractivity contribution in [3.05, 3.63) is 12.7 Å². The Morgan fingerprint density at radius 1 is 1.37 bits per heavy atom. The fourth-order valence-electron chi connectivity index (χ4n) is 1.39. The molecule has 0 spiro atoms. The minimum atomic E-state index is -0.779. The molecule has 0 rings (SSSR count). The lowest BCUT2D eigenvalue weighted by Gasteiger charge is -2.24. The highest BCUT2D eigenvalue weighted by molar-refractivity contribution is 7.81. The highest BCUT2D eigenvalue weighted by Crippen LogP contribution is 2.27. The average Bonchev–Trinajstić information content (AvgIpc) is 2.35. The maximum absolute atomic E-state index is 11.8. The van der Waals surface area contributed by atoms with E-state index in [0.717, 1.165) is 12.8 Å². The largest absolute Gasteiger partial charge is 0.465 e. The summed E-state index contributed by atoms with van der Waals surface area (Å²) < 4.78 is 10.1. The molecule has 0 aromatic heterocycles. The highest BCUT2D eigenvalue weighted by Gasteiger charge is 2.34. The summed E-state index contributed by atoms with van der Waals surface area (Å²) >= 11 is 4.20. The standard InChI is InChI=1S/C14H24O4S/c1-5-7-9-17-12(15)11(19)10-14(3,4)13(16)18-8-6-2/h6,11,19H,2,5,7-10H2,1,3-4H3. The molecule has 1 atom stereocenters. The molecule has 0 saturated heterocycles. The third-order valence-electron chi connectivity index (χ3n) is 2.60. The summed E-state index contributed by atoms with van der Waals surface area (Å²) in [5.74, 6) is -0.755. The molecule has 0 radical (unpaired) electrons. The van der Waals surface area contributed by atoms with Gasteiger partial charge in [0.2, 0.25) is 0 Å². The highest BCUT2D eigenvalue weighted by atomic mass is 32.1. The summed E-state index contributed by atoms with van der Waals surface area (Å²) in [7, 11) is 0. The number of ether oxygens (including phenoxy) is 2. The van der Waals surface area contributed by atoms with E-state index in [4.69, 9.17) is 9.47 Å². The van der Waals surface area contributed by atoms with Gasteiger partial charge in [0.25, 0.3) is 0 Å². The molecule has 0 aliphatic carbocycles. The normalized spacial score (nSPS) is 12.6. The lowest BCUT2D eigenvalue weighted by atomic mass is 9.87. The second-order valence-corrected chi connectivity index (χ2v) is 5.64. The van der Waals surface area contributed by atoms with Gasteiger partial charge in [-0.3, -0.25) is 9.59 Å². The van der Waals surface area contributed by atoms with Crippen LogP contribution in [0.25, 0.3) is 0 Å². The second kappa shape index (κ2) is 9.02. The molecule has 0 N–H and O–H groups in total. The number of carbonyl (C=O) groups is 2. The van der Waals surface area contributed by atoms with Crippen LogP contribution in [0.4, 0.5) is 0 Å². The number of hydrogen-bond donors (Lipinski definition) is 1. The zero-order valence-corrected chi connectivity index (χ0v) is 12.9. The van der Waals surface area contributed by atoms with Gasteiger partial charge in [0.1, 0.15) is 11.9 Å². The van der Waals surface area contributed by atoms with E-state index in [1.807, 2.05) is 6.92 Å². The zero-order chi connectivity index (χ0) is 14.9. The summed E-state index contributed by atoms with van der Waals surface area (Å²) in [6, 6.07) is 0. The van der Waals surface area contributed by atoms with E-state index in [2.05, 4.69) is 19.2 Å². The fourth-order valence-corrected chi connectivity index (χ4v) is 1.92. The number of rotatable bonds is 9. The first-order chi connectivity index (χ1) is 8.85. The van der Waals surface area contributed by atoms with Crippen LogP contribution in [0.2, 0.25) is 0 Å². The van der Waals surface area contributed by atoms with Gasteiger partial charge in [-0.2, -0.15) is 12.6 Å². The van der Waals surface area contributed by atoms with Crippen molar-refractivity contribution < 1.29 is 19.1 Å². The molecule has 0 fully saturated rings. The van der Waals surface area contributed by atoms with Crippen LogP contribution in [0.3, 0.4) is 0 Å². The number of hydrogen-bond acceptors (Lipinski definition) is 5. The first kappa shape index (κ1) is 18.0. The summed E-state index contributed by atoms with van der Waals surface area (Å²) in [5, 5.41) is -0.622. The van der Waals surface area contributed by atoms with E-state index in [1.165, 1.54) is 6.08 Å². The molecular formula is C14H24O4S. The van der Waals surface area contributed by atoms with Crippen LogP contribution in [0.15, 0.2) is 12.7 Å². The van der Waals surface area contributed by atoms with E-state index in [9.17, 15) is 9.59 Å². The topological polar surface area (TPSA) is 52.6 Å². The van der Waals surface area contributed by atoms with Crippen molar-refractivity contribution in [1.82, 2.24) is 0 Å². The van der Waals surface area contributed by atoms with Gasteiger partial charge < -0.3 is 9.47 Å². The van der Waals surface area contributed by atoms with Crippen molar-refractivity contribution in [2.75, 3.05) is 13.2 Å². The van der Waals surface area contributed by atoms with E-state index in [1.54, 1.807) is 13.8 Å². The quantitative estimate of drug-likeness (QED) is 0.307. The average molecular weight is 288 g/mol. The Morgan fingerprint density at radius 2 is 2.00 bits per heavy atom. The van der Waals surface area contributed by atoms with E-state index in [-0.39, 0.29) is 25.0 Å². The summed E-state index contributed by atoms with van der Waals surface area (Å²) in [4.78, 5) is 23.5. The van der Waals surface area contributed by atoms with Crippen molar-refractivity contribution in [2.24, 2.45) is 5.41 Å². The predicted molar refractivity (Wildman–Crippen MR) is 78.2 cm³/mol. The van der Waals surface area contributed by atoms with Crippen LogP contribution < -0.4 is 0 Å². The van der Waals surface area contributed by atoms with Crippen molar-refractivity contribution in [3.8, 4) is 0 Å². The molecule has 1 unspecified atom stereocenters. The number of esters is 2. The molecule has 0 bridgehead atoms. The van der Waals surface area contributed by atoms with Crippen LogP contribution >= 0.6 is 12.6 Å². The van der Waals surface area contributed by atoms with Gasteiger partial charge in [-0.1, -0.05) is 26.0 Å². The third-order valence-corrected chi connectivity index (χ3v) is 3.00. The number of thiol groups is 1. The van der Waals surface area contributed by atoms with E-state index in [0.29, 0.717) is 6.61 Å². The molecule has 0 aliphatic rings. The van der Waals surface area contributed by atoms with Gasteiger partial charge in [-0.25, -0.2) is 0 Å². The molecular weight excluding hydrogens is 264 g/mol. The Labute approximate surface area is 120 Å². The van der Waals surface area contributed by atoms with Gasteiger partial charge in [0, 0.05) is 0 Å². The molecule has 0 aromatic rings. The molecule has 110 valence electrons. The molecule has 0 aliphatic heterocycles. The molecule has 19 heavy (non-hydrogen) atoms. The van der Waals surface area contributed by atoms with Gasteiger partial charge in [-0.05, 0) is 26.7 Å². The Hall–Kier alpha value is -0.970. The third kappa shape index (κ3) is 7.25. The maximum Gasteiger partial charge on any atom is 0.318 e. The lowest BCUT2D eigenvalue weighted by molar-refractivity contribution is -0.153. The van der Waals surface area contributed by atoms with Crippen molar-refractivity contribution in [1.29, 1.82) is 0 Å². The molecule has 5 heteroatoms. The first-order valence-electron chi connectivity index (χ1n) is 6.48. The van der Waals surface area contributed by atoms with Gasteiger partial charge in [-0.15, -0.1) is 0 Å². The van der Waals surface area contributed by atoms with E-state index >= 15 is 0 Å². The van der Waals surface area contributed by atoms with Gasteiger partial charge >= 0.3 is 11.9 Å². The Balaban J connectivity index is 4.27. The van der Waals surface area contributed by atoms with Crippen LogP contribution in [0.1, 0.15) is 40.0 Å². The van der Waals surface area contributed by atoms with Crippen LogP contribution in [0.5, 0.6) is 0 Å². The van der Waals surface area contributed by atoms with Crippen molar-refractivity contribution in [3.63, 3.8) is 0 Å². The Morgan fingerprint density at radius 3 is 2.53 bits per heavy atom. The smallest absolute Gasteiger partial charge is 0.318 e. The SMILES string of the molecule is C=CCOC(=O)C(C)(C)CC(S)C(=O)OCCCC. The predicted octanol–water partition coefficient (Wildman–Crippen LogP) is 2.77. The van der Waals surface area contributed by atoms with E-state index < -0.39 is 10.7 Å². The lowest BCUT2D eigenvalue weighted by Crippen LogP contribution is -2.33. The molecule has 0 heterocycles. The molecule has 0 saturated carbocycles. The summed E-state index contributed by atoms with van der Waals surface area (Å²) in [6.07, 6.45) is 3.57. The van der Waals surface area contributed by atoms with Gasteiger partial charge in [0.15, 0.2) is 0 Å².